The molecule has 0 aliphatic carbocycles. The maximum atomic E-state index is 12.2. The number of nitrogens with two attached hydrogens (primary N) is 2. The predicted octanol–water partition coefficient (Wildman–Crippen LogP) is 2.33. The number of carbonyl (C=O) groups excluding carboxylic acids is 1. The van der Waals surface area contributed by atoms with E-state index in [9.17, 15) is 4.79 Å². The molecule has 0 spiro atoms. The van der Waals surface area contributed by atoms with Crippen molar-refractivity contribution < 1.29 is 9.63 Å². The molecule has 2 heterocycles. The monoisotopic (exact) mass is 445 g/mol. The highest BCUT2D eigenvalue weighted by molar-refractivity contribution is 9.10. The fourth-order valence-corrected chi connectivity index (χ4v) is 2.90. The van der Waals surface area contributed by atoms with Crippen LogP contribution in [0.5, 0.6) is 0 Å². The van der Waals surface area contributed by atoms with Gasteiger partial charge >= 0.3 is 5.97 Å². The number of amidine groups is 1. The van der Waals surface area contributed by atoms with Crippen molar-refractivity contribution in [3.05, 3.63) is 63.1 Å². The van der Waals surface area contributed by atoms with Gasteiger partial charge in [-0.05, 0) is 54.4 Å². The number of rotatable bonds is 5. The maximum absolute atomic E-state index is 12.2. The Balaban J connectivity index is 1.70. The van der Waals surface area contributed by atoms with Crippen LogP contribution in [0, 0.1) is 20.8 Å². The highest BCUT2D eigenvalue weighted by atomic mass is 79.9. The van der Waals surface area contributed by atoms with Crippen LogP contribution < -0.4 is 11.5 Å². The molecule has 10 heteroatoms. The summed E-state index contributed by atoms with van der Waals surface area (Å²) >= 11 is 3.48. The Morgan fingerprint density at radius 3 is 2.68 bits per heavy atom. The van der Waals surface area contributed by atoms with E-state index in [2.05, 4.69) is 31.3 Å². The highest BCUT2D eigenvalue weighted by Gasteiger charge is 2.14. The van der Waals surface area contributed by atoms with Crippen LogP contribution >= 0.6 is 15.9 Å². The molecule has 28 heavy (non-hydrogen) atoms. The van der Waals surface area contributed by atoms with Crippen LogP contribution in [0.15, 0.2) is 40.1 Å². The summed E-state index contributed by atoms with van der Waals surface area (Å²) in [6.45, 7) is 6.02. The van der Waals surface area contributed by atoms with Crippen LogP contribution in [0.3, 0.4) is 0 Å². The molecule has 3 rings (SSSR count). The predicted molar refractivity (Wildman–Crippen MR) is 109 cm³/mol. The van der Waals surface area contributed by atoms with Gasteiger partial charge in [-0.3, -0.25) is 4.68 Å². The number of aryl methyl sites for hydroxylation is 1. The molecule has 146 valence electrons. The molecule has 0 amide bonds. The Bertz CT molecular complexity index is 1070. The first-order valence-electron chi connectivity index (χ1n) is 8.41. The summed E-state index contributed by atoms with van der Waals surface area (Å²) in [6, 6.07) is 6.80. The molecule has 3 aromatic rings. The molecule has 0 saturated carbocycles. The Morgan fingerprint density at radius 2 is 2.00 bits per heavy atom. The minimum Gasteiger partial charge on any atom is -0.398 e. The van der Waals surface area contributed by atoms with Crippen LogP contribution in [-0.4, -0.2) is 31.4 Å². The molecule has 0 atom stereocenters. The van der Waals surface area contributed by atoms with Gasteiger partial charge in [0.2, 0.25) is 0 Å². The second-order valence-electron chi connectivity index (χ2n) is 6.24. The zero-order valence-electron chi connectivity index (χ0n) is 15.7. The second kappa shape index (κ2) is 7.85. The number of hydrogen-bond donors (Lipinski definition) is 2. The lowest BCUT2D eigenvalue weighted by Gasteiger charge is -2.06. The maximum Gasteiger partial charge on any atom is 0.385 e. The van der Waals surface area contributed by atoms with Gasteiger partial charge in [0, 0.05) is 17.4 Å². The Hall–Kier alpha value is -3.14. The molecule has 1 aromatic carbocycles. The zero-order chi connectivity index (χ0) is 20.4. The Morgan fingerprint density at radius 1 is 1.25 bits per heavy atom. The number of anilines is 1. The van der Waals surface area contributed by atoms with E-state index >= 15 is 0 Å². The molecule has 0 saturated heterocycles. The third kappa shape index (κ3) is 3.91. The third-order valence-electron chi connectivity index (χ3n) is 4.30. The smallest absolute Gasteiger partial charge is 0.385 e. The van der Waals surface area contributed by atoms with Crippen LogP contribution in [0.2, 0.25) is 0 Å². The number of benzene rings is 1. The minimum absolute atomic E-state index is 0.0603. The van der Waals surface area contributed by atoms with Gasteiger partial charge in [-0.15, -0.1) is 0 Å². The molecule has 0 unspecified atom stereocenters. The molecule has 0 aliphatic rings. The van der Waals surface area contributed by atoms with Gasteiger partial charge in [0.05, 0.1) is 15.9 Å². The first-order valence-corrected chi connectivity index (χ1v) is 9.20. The van der Waals surface area contributed by atoms with Crippen molar-refractivity contribution >= 4 is 33.4 Å². The zero-order valence-corrected chi connectivity index (χ0v) is 17.3. The van der Waals surface area contributed by atoms with Crippen LogP contribution in [0.4, 0.5) is 5.69 Å². The normalized spacial score (nSPS) is 11.6. The van der Waals surface area contributed by atoms with Gasteiger partial charge in [-0.2, -0.15) is 10.2 Å². The summed E-state index contributed by atoms with van der Waals surface area (Å²) in [4.78, 5) is 17.1. The van der Waals surface area contributed by atoms with Crippen molar-refractivity contribution in [2.45, 2.75) is 27.4 Å². The van der Waals surface area contributed by atoms with Crippen molar-refractivity contribution in [3.8, 4) is 0 Å². The summed E-state index contributed by atoms with van der Waals surface area (Å²) in [7, 11) is 0. The van der Waals surface area contributed by atoms with Crippen molar-refractivity contribution in [3.63, 3.8) is 0 Å². The van der Waals surface area contributed by atoms with Gasteiger partial charge < -0.3 is 16.3 Å². The largest absolute Gasteiger partial charge is 0.398 e. The summed E-state index contributed by atoms with van der Waals surface area (Å²) < 4.78 is 4.30. The molecule has 4 N–H and O–H groups in total. The average molecular weight is 446 g/mol. The van der Waals surface area contributed by atoms with Crippen molar-refractivity contribution in [1.82, 2.24) is 19.6 Å². The third-order valence-corrected chi connectivity index (χ3v) is 5.45. The molecule has 0 radical (unpaired) electrons. The van der Waals surface area contributed by atoms with E-state index in [1.54, 1.807) is 39.8 Å². The fraction of sp³-hybridized carbons (Fsp3) is 0.222. The topological polar surface area (TPSA) is 126 Å². The Kier molecular flexibility index (Phi) is 5.50. The van der Waals surface area contributed by atoms with Crippen molar-refractivity contribution in [1.29, 1.82) is 0 Å². The molecule has 0 bridgehead atoms. The van der Waals surface area contributed by atoms with Gasteiger partial charge in [0.25, 0.3) is 0 Å². The SMILES string of the molecule is Cc1nn(Cn2ccc(C(=O)O/N=C(\N)c3cccc(N)c3C)n2)c(C)c1Br. The summed E-state index contributed by atoms with van der Waals surface area (Å²) in [5.74, 6) is -0.650. The highest BCUT2D eigenvalue weighted by Crippen LogP contribution is 2.19. The lowest BCUT2D eigenvalue weighted by atomic mass is 10.1. The molecular formula is C18H20BrN7O2. The molecule has 2 aromatic heterocycles. The van der Waals surface area contributed by atoms with Crippen molar-refractivity contribution in [2.75, 3.05) is 5.73 Å². The van der Waals surface area contributed by atoms with E-state index < -0.39 is 5.97 Å². The van der Waals surface area contributed by atoms with E-state index in [4.69, 9.17) is 16.3 Å². The number of hydrogen-bond acceptors (Lipinski definition) is 6. The van der Waals surface area contributed by atoms with Crippen LogP contribution in [0.25, 0.3) is 0 Å². The van der Waals surface area contributed by atoms with E-state index in [0.29, 0.717) is 17.9 Å². The lowest BCUT2D eigenvalue weighted by molar-refractivity contribution is 0.0508. The van der Waals surface area contributed by atoms with E-state index in [-0.39, 0.29) is 11.5 Å². The lowest BCUT2D eigenvalue weighted by Crippen LogP contribution is -2.17. The average Bonchev–Trinajstić information content (AvgIpc) is 3.23. The Labute approximate surface area is 170 Å². The number of carbonyl (C=O) groups is 1. The van der Waals surface area contributed by atoms with Crippen LogP contribution in [-0.2, 0) is 11.5 Å². The van der Waals surface area contributed by atoms with Gasteiger partial charge in [0.1, 0.15) is 6.67 Å². The number of nitrogen functional groups attached to an aromatic ring is 1. The number of nitrogens with zero attached hydrogens (tertiary/aromatic N) is 5. The van der Waals surface area contributed by atoms with E-state index in [1.807, 2.05) is 20.8 Å². The number of halogens is 1. The first-order chi connectivity index (χ1) is 13.3. The van der Waals surface area contributed by atoms with Gasteiger partial charge in [-0.1, -0.05) is 17.3 Å². The van der Waals surface area contributed by atoms with Gasteiger partial charge in [0.15, 0.2) is 11.5 Å². The number of aromatic nitrogens is 4. The van der Waals surface area contributed by atoms with E-state index in [1.165, 1.54) is 0 Å². The first kappa shape index (κ1) is 19.6. The second-order valence-corrected chi connectivity index (χ2v) is 7.03. The van der Waals surface area contributed by atoms with Gasteiger partial charge in [-0.25, -0.2) is 9.48 Å². The summed E-state index contributed by atoms with van der Waals surface area (Å²) in [6.07, 6.45) is 1.66. The fourth-order valence-electron chi connectivity index (χ4n) is 2.62. The molecule has 0 fully saturated rings. The minimum atomic E-state index is -0.710. The molecular weight excluding hydrogens is 426 g/mol. The quantitative estimate of drug-likeness (QED) is 0.204. The van der Waals surface area contributed by atoms with Crippen LogP contribution in [0.1, 0.15) is 33.0 Å². The van der Waals surface area contributed by atoms with E-state index in [0.717, 1.165) is 21.4 Å². The molecule has 9 nitrogen and oxygen atoms in total. The summed E-state index contributed by atoms with van der Waals surface area (Å²) in [5, 5.41) is 12.3. The van der Waals surface area contributed by atoms with Crippen molar-refractivity contribution in [2.24, 2.45) is 10.9 Å². The standard InChI is InChI=1S/C18H20BrN7O2/c1-10-13(5-4-6-14(10)20)17(21)24-28-18(27)15-7-8-25(23-15)9-26-12(3)16(19)11(2)22-26/h4-8H,9,20H2,1-3H3,(H2,21,24). The number of oxime groups is 1. The summed E-state index contributed by atoms with van der Waals surface area (Å²) in [5.41, 5.74) is 15.7. The molecule has 0 aliphatic heterocycles.